The molecule has 2 aromatic carbocycles. The summed E-state index contributed by atoms with van der Waals surface area (Å²) >= 11 is 7.11. The molecule has 36 heavy (non-hydrogen) atoms. The van der Waals surface area contributed by atoms with Gasteiger partial charge in [0.1, 0.15) is 16.7 Å². The van der Waals surface area contributed by atoms with Gasteiger partial charge in [0, 0.05) is 17.3 Å². The van der Waals surface area contributed by atoms with Gasteiger partial charge in [-0.1, -0.05) is 43.6 Å². The zero-order valence-corrected chi connectivity index (χ0v) is 21.7. The maximum Gasteiger partial charge on any atom is 0.273 e. The third kappa shape index (κ3) is 5.95. The number of nitrogens with two attached hydrogens (primary N) is 2. The second kappa shape index (κ2) is 11.4. The Morgan fingerprint density at radius 2 is 1.83 bits per heavy atom. The first kappa shape index (κ1) is 27.0. The van der Waals surface area contributed by atoms with Crippen molar-refractivity contribution in [2.24, 2.45) is 11.7 Å². The van der Waals surface area contributed by atoms with E-state index in [-0.39, 0.29) is 22.0 Å². The average molecular weight is 530 g/mol. The molecule has 1 atom stereocenters. The number of nitrogens with one attached hydrogen (secondary N) is 1. The topological polar surface area (TPSA) is 152 Å². The summed E-state index contributed by atoms with van der Waals surface area (Å²) in [4.78, 5) is 40.5. The average Bonchev–Trinajstić information content (AvgIpc) is 3.21. The fourth-order valence-corrected chi connectivity index (χ4v) is 4.43. The lowest BCUT2D eigenvalue weighted by Gasteiger charge is -2.31. The van der Waals surface area contributed by atoms with Crippen LogP contribution in [-0.2, 0) is 4.79 Å². The van der Waals surface area contributed by atoms with Crippen molar-refractivity contribution in [3.05, 3.63) is 69.2 Å². The van der Waals surface area contributed by atoms with E-state index in [0.717, 1.165) is 23.5 Å². The quantitative estimate of drug-likeness (QED) is 0.328. The van der Waals surface area contributed by atoms with Gasteiger partial charge in [0.15, 0.2) is 5.69 Å². The summed E-state index contributed by atoms with van der Waals surface area (Å²) in [6.45, 7) is 6.29. The predicted octanol–water partition coefficient (Wildman–Crippen LogP) is 4.04. The summed E-state index contributed by atoms with van der Waals surface area (Å²) in [6, 6.07) is 9.80. The summed E-state index contributed by atoms with van der Waals surface area (Å²) in [6.07, 6.45) is 0.738. The van der Waals surface area contributed by atoms with E-state index in [4.69, 9.17) is 23.1 Å². The Hall–Kier alpha value is -3.63. The van der Waals surface area contributed by atoms with Crippen LogP contribution in [-0.4, -0.2) is 33.7 Å². The number of phenols is 1. The maximum absolute atomic E-state index is 14.0. The first-order valence-electron chi connectivity index (χ1n) is 11.2. The molecule has 1 heterocycles. The number of amides is 3. The van der Waals surface area contributed by atoms with Crippen LogP contribution in [0.4, 0.5) is 11.4 Å². The Morgan fingerprint density at radius 1 is 1.17 bits per heavy atom. The number of rotatable bonds is 9. The van der Waals surface area contributed by atoms with Gasteiger partial charge in [-0.2, -0.15) is 4.37 Å². The number of nitrogen functional groups attached to an aromatic ring is 1. The van der Waals surface area contributed by atoms with Crippen molar-refractivity contribution in [1.29, 1.82) is 0 Å². The number of benzene rings is 2. The molecule has 0 fully saturated rings. The Morgan fingerprint density at radius 3 is 2.39 bits per heavy atom. The molecule has 11 heteroatoms. The second-order valence-electron chi connectivity index (χ2n) is 8.71. The second-order valence-corrected chi connectivity index (χ2v) is 9.90. The van der Waals surface area contributed by atoms with E-state index in [1.165, 1.54) is 17.0 Å². The monoisotopic (exact) mass is 529 g/mol. The van der Waals surface area contributed by atoms with Gasteiger partial charge in [-0.05, 0) is 66.2 Å². The SMILES string of the molecule is Cc1ccc(N(C(=O)c2snc(C(N)=O)c2N)C(C(=O)NCCC(C)C)c2ccc(O)cc2)cc1Cl. The number of aryl methyl sites for hydroxylation is 1. The molecule has 0 radical (unpaired) electrons. The first-order valence-corrected chi connectivity index (χ1v) is 12.4. The van der Waals surface area contributed by atoms with Crippen LogP contribution in [0.25, 0.3) is 0 Å². The number of anilines is 2. The van der Waals surface area contributed by atoms with Gasteiger partial charge < -0.3 is 21.9 Å². The lowest BCUT2D eigenvalue weighted by molar-refractivity contribution is -0.122. The minimum atomic E-state index is -1.15. The summed E-state index contributed by atoms with van der Waals surface area (Å²) in [5.74, 6) is -1.60. The number of aromatic nitrogens is 1. The van der Waals surface area contributed by atoms with Crippen LogP contribution in [0.1, 0.15) is 57.6 Å². The molecule has 0 spiro atoms. The number of carbonyl (C=O) groups is 3. The number of carbonyl (C=O) groups excluding carboxylic acids is 3. The van der Waals surface area contributed by atoms with Crippen molar-refractivity contribution in [1.82, 2.24) is 9.69 Å². The molecular weight excluding hydrogens is 502 g/mol. The fourth-order valence-electron chi connectivity index (χ4n) is 3.51. The van der Waals surface area contributed by atoms with Gasteiger partial charge in [0.25, 0.3) is 11.8 Å². The summed E-state index contributed by atoms with van der Waals surface area (Å²) in [7, 11) is 0. The highest BCUT2D eigenvalue weighted by Gasteiger charge is 2.36. The van der Waals surface area contributed by atoms with E-state index in [1.54, 1.807) is 30.3 Å². The normalized spacial score (nSPS) is 11.8. The van der Waals surface area contributed by atoms with E-state index in [0.29, 0.717) is 28.7 Å². The van der Waals surface area contributed by atoms with Crippen molar-refractivity contribution in [2.75, 3.05) is 17.2 Å². The number of aromatic hydroxyl groups is 1. The van der Waals surface area contributed by atoms with E-state index >= 15 is 0 Å². The van der Waals surface area contributed by atoms with Gasteiger partial charge in [-0.25, -0.2) is 0 Å². The zero-order valence-electron chi connectivity index (χ0n) is 20.1. The minimum Gasteiger partial charge on any atom is -0.508 e. The third-order valence-corrected chi connectivity index (χ3v) is 6.80. The molecule has 0 bridgehead atoms. The van der Waals surface area contributed by atoms with E-state index in [1.807, 2.05) is 20.8 Å². The van der Waals surface area contributed by atoms with E-state index in [9.17, 15) is 19.5 Å². The predicted molar refractivity (Wildman–Crippen MR) is 141 cm³/mol. The zero-order chi connectivity index (χ0) is 26.6. The van der Waals surface area contributed by atoms with Crippen molar-refractivity contribution in [3.8, 4) is 5.75 Å². The van der Waals surface area contributed by atoms with Gasteiger partial charge in [-0.3, -0.25) is 19.3 Å². The Labute approximate surface area is 218 Å². The lowest BCUT2D eigenvalue weighted by atomic mass is 10.0. The molecule has 0 aliphatic carbocycles. The van der Waals surface area contributed by atoms with Crippen molar-refractivity contribution in [2.45, 2.75) is 33.2 Å². The molecule has 0 saturated heterocycles. The number of nitrogens with zero attached hydrogens (tertiary/aromatic N) is 2. The van der Waals surface area contributed by atoms with Gasteiger partial charge >= 0.3 is 0 Å². The van der Waals surface area contributed by atoms with Crippen molar-refractivity contribution < 1.29 is 19.5 Å². The van der Waals surface area contributed by atoms with Crippen LogP contribution >= 0.6 is 23.1 Å². The van der Waals surface area contributed by atoms with Crippen LogP contribution < -0.4 is 21.7 Å². The fraction of sp³-hybridized carbons (Fsp3) is 0.280. The van der Waals surface area contributed by atoms with Gasteiger partial charge in [0.2, 0.25) is 5.91 Å². The van der Waals surface area contributed by atoms with Crippen LogP contribution in [0.2, 0.25) is 5.02 Å². The molecule has 190 valence electrons. The number of hydrogen-bond acceptors (Lipinski definition) is 7. The molecule has 0 aliphatic heterocycles. The number of primary amides is 1. The Bertz CT molecular complexity index is 1280. The standard InChI is InChI=1S/C25H28ClN5O4S/c1-13(2)10-11-29-24(34)21(15-5-8-17(32)9-6-15)31(16-7-4-14(3)18(26)12-16)25(35)22-19(27)20(23(28)33)30-36-22/h4-9,12-13,21,32H,10-11,27H2,1-3H3,(H2,28,33)(H,29,34). The first-order chi connectivity index (χ1) is 17.0. The number of phenolic OH excluding ortho intramolecular Hbond substituents is 1. The largest absolute Gasteiger partial charge is 0.508 e. The molecule has 1 unspecified atom stereocenters. The Kier molecular flexibility index (Phi) is 8.54. The highest BCUT2D eigenvalue weighted by Crippen LogP contribution is 2.35. The smallest absolute Gasteiger partial charge is 0.273 e. The highest BCUT2D eigenvalue weighted by molar-refractivity contribution is 7.09. The molecule has 3 aromatic rings. The van der Waals surface area contributed by atoms with E-state index < -0.39 is 23.8 Å². The molecule has 3 rings (SSSR count). The molecule has 6 N–H and O–H groups in total. The molecule has 3 amide bonds. The minimum absolute atomic E-state index is 0.00627. The number of hydrogen-bond donors (Lipinski definition) is 4. The van der Waals surface area contributed by atoms with Crippen LogP contribution in [0.3, 0.4) is 0 Å². The number of halogens is 1. The van der Waals surface area contributed by atoms with Crippen LogP contribution in [0.15, 0.2) is 42.5 Å². The molecule has 0 saturated carbocycles. The summed E-state index contributed by atoms with van der Waals surface area (Å²) < 4.78 is 3.94. The molecule has 9 nitrogen and oxygen atoms in total. The lowest BCUT2D eigenvalue weighted by Crippen LogP contribution is -2.44. The third-order valence-electron chi connectivity index (χ3n) is 5.54. The molecule has 1 aromatic heterocycles. The Balaban J connectivity index is 2.18. The van der Waals surface area contributed by atoms with Crippen molar-refractivity contribution in [3.63, 3.8) is 0 Å². The van der Waals surface area contributed by atoms with Gasteiger partial charge in [0.05, 0.1) is 5.69 Å². The maximum atomic E-state index is 14.0. The molecular formula is C25H28ClN5O4S. The summed E-state index contributed by atoms with van der Waals surface area (Å²) in [5, 5.41) is 13.1. The van der Waals surface area contributed by atoms with Gasteiger partial charge in [-0.15, -0.1) is 0 Å². The van der Waals surface area contributed by atoms with Crippen LogP contribution in [0.5, 0.6) is 5.75 Å². The van der Waals surface area contributed by atoms with Crippen molar-refractivity contribution >= 4 is 52.2 Å². The van der Waals surface area contributed by atoms with Crippen LogP contribution in [0, 0.1) is 12.8 Å². The summed E-state index contributed by atoms with van der Waals surface area (Å²) in [5.41, 5.74) is 12.6. The van der Waals surface area contributed by atoms with E-state index in [2.05, 4.69) is 9.69 Å². The molecule has 0 aliphatic rings. The highest BCUT2D eigenvalue weighted by atomic mass is 35.5.